The Morgan fingerprint density at radius 1 is 1.07 bits per heavy atom. The van der Waals surface area contributed by atoms with Crippen LogP contribution in [0.3, 0.4) is 0 Å². The monoisotopic (exact) mass is 452 g/mol. The molecule has 0 N–H and O–H groups in total. The predicted octanol–water partition coefficient (Wildman–Crippen LogP) is 7.22. The van der Waals surface area contributed by atoms with Crippen LogP contribution in [0.25, 0.3) is 10.2 Å². The highest BCUT2D eigenvalue weighted by Gasteiger charge is 2.24. The summed E-state index contributed by atoms with van der Waals surface area (Å²) >= 11 is 9.57. The van der Waals surface area contributed by atoms with E-state index < -0.39 is 0 Å². The number of amides is 1. The van der Waals surface area contributed by atoms with Gasteiger partial charge < -0.3 is 0 Å². The summed E-state index contributed by atoms with van der Waals surface area (Å²) < 4.78 is 0.911. The van der Waals surface area contributed by atoms with Crippen molar-refractivity contribution in [3.05, 3.63) is 88.4 Å². The highest BCUT2D eigenvalue weighted by molar-refractivity contribution is 7.99. The van der Waals surface area contributed by atoms with Crippen LogP contribution in [0.1, 0.15) is 28.4 Å². The van der Waals surface area contributed by atoms with Gasteiger partial charge in [-0.1, -0.05) is 78.4 Å². The maximum absolute atomic E-state index is 13.7. The van der Waals surface area contributed by atoms with Gasteiger partial charge in [0.1, 0.15) is 0 Å². The molecule has 0 radical (unpaired) electrons. The molecule has 3 nitrogen and oxygen atoms in total. The van der Waals surface area contributed by atoms with E-state index in [2.05, 4.69) is 6.92 Å². The molecule has 4 rings (SSSR count). The summed E-state index contributed by atoms with van der Waals surface area (Å²) in [5.41, 5.74) is 3.64. The summed E-state index contributed by atoms with van der Waals surface area (Å²) in [6.45, 7) is 4.55. The summed E-state index contributed by atoms with van der Waals surface area (Å²) in [5.74, 6) is 0.849. The molecule has 30 heavy (non-hydrogen) atoms. The Bertz CT molecular complexity index is 1150. The second-order valence-electron chi connectivity index (χ2n) is 6.84. The summed E-state index contributed by atoms with van der Waals surface area (Å²) in [6, 6.07) is 21.6. The van der Waals surface area contributed by atoms with E-state index in [1.807, 2.05) is 73.7 Å². The third kappa shape index (κ3) is 4.24. The van der Waals surface area contributed by atoms with Gasteiger partial charge in [-0.3, -0.25) is 9.69 Å². The number of aromatic nitrogens is 1. The lowest BCUT2D eigenvalue weighted by molar-refractivity contribution is 0.0982. The van der Waals surface area contributed by atoms with E-state index in [0.717, 1.165) is 32.0 Å². The Morgan fingerprint density at radius 2 is 1.80 bits per heavy atom. The lowest BCUT2D eigenvalue weighted by atomic mass is 10.1. The minimum atomic E-state index is -0.0526. The van der Waals surface area contributed by atoms with E-state index in [9.17, 15) is 4.79 Å². The van der Waals surface area contributed by atoms with Crippen LogP contribution in [0.4, 0.5) is 5.13 Å². The van der Waals surface area contributed by atoms with Crippen molar-refractivity contribution in [2.75, 3.05) is 10.7 Å². The van der Waals surface area contributed by atoms with Crippen molar-refractivity contribution in [1.29, 1.82) is 0 Å². The van der Waals surface area contributed by atoms with Gasteiger partial charge in [0.25, 0.3) is 5.91 Å². The zero-order valence-electron chi connectivity index (χ0n) is 16.8. The van der Waals surface area contributed by atoms with E-state index in [1.165, 1.54) is 11.3 Å². The molecule has 0 spiro atoms. The largest absolute Gasteiger partial charge is 0.279 e. The molecule has 4 aromatic rings. The lowest BCUT2D eigenvalue weighted by Crippen LogP contribution is -2.30. The van der Waals surface area contributed by atoms with Crippen LogP contribution in [0.15, 0.2) is 71.6 Å². The number of carbonyl (C=O) groups is 1. The summed E-state index contributed by atoms with van der Waals surface area (Å²) in [4.78, 5) is 21.3. The van der Waals surface area contributed by atoms with Crippen LogP contribution in [0, 0.1) is 6.92 Å². The van der Waals surface area contributed by atoms with Gasteiger partial charge >= 0.3 is 0 Å². The van der Waals surface area contributed by atoms with Gasteiger partial charge in [-0.25, -0.2) is 4.98 Å². The zero-order chi connectivity index (χ0) is 21.1. The number of carbonyl (C=O) groups excluding carboxylic acids is 1. The third-order valence-electron chi connectivity index (χ3n) is 4.76. The Balaban J connectivity index is 1.82. The average Bonchev–Trinajstić information content (AvgIpc) is 3.22. The number of halogens is 1. The van der Waals surface area contributed by atoms with Gasteiger partial charge in [-0.2, -0.15) is 0 Å². The topological polar surface area (TPSA) is 33.2 Å². The third-order valence-corrected chi connectivity index (χ3v) is 7.26. The quantitative estimate of drug-likeness (QED) is 0.289. The van der Waals surface area contributed by atoms with E-state index in [1.54, 1.807) is 16.7 Å². The predicted molar refractivity (Wildman–Crippen MR) is 129 cm³/mol. The van der Waals surface area contributed by atoms with Crippen molar-refractivity contribution in [2.24, 2.45) is 0 Å². The van der Waals surface area contributed by atoms with Crippen molar-refractivity contribution in [2.45, 2.75) is 25.3 Å². The van der Waals surface area contributed by atoms with Crippen molar-refractivity contribution in [3.63, 3.8) is 0 Å². The number of anilines is 1. The maximum Gasteiger partial charge on any atom is 0.261 e. The van der Waals surface area contributed by atoms with E-state index in [0.29, 0.717) is 22.3 Å². The number of benzene rings is 3. The minimum absolute atomic E-state index is 0.0526. The molecule has 0 unspecified atom stereocenters. The first kappa shape index (κ1) is 20.9. The first-order valence-corrected chi connectivity index (χ1v) is 11.9. The second-order valence-corrected chi connectivity index (χ2v) is 9.54. The first-order valence-electron chi connectivity index (χ1n) is 9.71. The first-order chi connectivity index (χ1) is 14.6. The van der Waals surface area contributed by atoms with Crippen molar-refractivity contribution < 1.29 is 4.79 Å². The van der Waals surface area contributed by atoms with Crippen LogP contribution in [0.5, 0.6) is 0 Å². The van der Waals surface area contributed by atoms with Crippen molar-refractivity contribution in [3.8, 4) is 0 Å². The van der Waals surface area contributed by atoms with Crippen LogP contribution in [-0.4, -0.2) is 16.6 Å². The minimum Gasteiger partial charge on any atom is -0.279 e. The summed E-state index contributed by atoms with van der Waals surface area (Å²) in [7, 11) is 0. The van der Waals surface area contributed by atoms with E-state index in [4.69, 9.17) is 16.6 Å². The number of thiazole rings is 1. The van der Waals surface area contributed by atoms with Crippen LogP contribution < -0.4 is 4.90 Å². The average molecular weight is 453 g/mol. The van der Waals surface area contributed by atoms with Crippen molar-refractivity contribution in [1.82, 2.24) is 4.98 Å². The number of thioether (sulfide) groups is 1. The van der Waals surface area contributed by atoms with Gasteiger partial charge in [0.05, 0.1) is 27.3 Å². The molecule has 1 heterocycles. The normalized spacial score (nSPS) is 11.0. The number of fused-ring (bicyclic) bond motifs is 1. The van der Waals surface area contributed by atoms with Gasteiger partial charge in [-0.05, 0) is 42.0 Å². The Kier molecular flexibility index (Phi) is 6.42. The van der Waals surface area contributed by atoms with Crippen LogP contribution >= 0.6 is 34.7 Å². The van der Waals surface area contributed by atoms with Gasteiger partial charge in [0.15, 0.2) is 5.13 Å². The number of rotatable bonds is 6. The Labute approximate surface area is 189 Å². The van der Waals surface area contributed by atoms with E-state index in [-0.39, 0.29) is 5.91 Å². The van der Waals surface area contributed by atoms with Gasteiger partial charge in [0, 0.05) is 4.90 Å². The molecule has 0 fully saturated rings. The highest BCUT2D eigenvalue weighted by Crippen LogP contribution is 2.37. The smallest absolute Gasteiger partial charge is 0.261 e. The molecule has 1 aromatic heterocycles. The van der Waals surface area contributed by atoms with Gasteiger partial charge in [0.2, 0.25) is 0 Å². The molecule has 0 aliphatic rings. The molecule has 1 amide bonds. The number of hydrogen-bond donors (Lipinski definition) is 0. The molecule has 6 heteroatoms. The molecule has 152 valence electrons. The zero-order valence-corrected chi connectivity index (χ0v) is 19.2. The molecule has 0 bridgehead atoms. The number of aryl methyl sites for hydroxylation is 1. The molecule has 0 atom stereocenters. The van der Waals surface area contributed by atoms with Crippen LogP contribution in [0.2, 0.25) is 5.02 Å². The molecular formula is C24H21ClN2OS2. The molecule has 0 saturated heterocycles. The molecule has 0 saturated carbocycles. The number of nitrogens with zero attached hydrogens (tertiary/aromatic N) is 2. The van der Waals surface area contributed by atoms with E-state index >= 15 is 0 Å². The fraction of sp³-hybridized carbons (Fsp3) is 0.167. The summed E-state index contributed by atoms with van der Waals surface area (Å²) in [5, 5.41) is 1.32. The Hall–Kier alpha value is -2.34. The van der Waals surface area contributed by atoms with Gasteiger partial charge in [-0.15, -0.1) is 11.8 Å². The fourth-order valence-corrected chi connectivity index (χ4v) is 5.38. The Morgan fingerprint density at radius 3 is 2.53 bits per heavy atom. The maximum atomic E-state index is 13.7. The fourth-order valence-electron chi connectivity index (χ4n) is 3.27. The molecular weight excluding hydrogens is 432 g/mol. The molecule has 3 aromatic carbocycles. The molecule has 0 aliphatic heterocycles. The SMILES string of the molecule is CCSc1ccccc1C(=O)N(Cc1ccccc1)c1nc2c(C)ccc(Cl)c2s1. The number of hydrogen-bond acceptors (Lipinski definition) is 4. The highest BCUT2D eigenvalue weighted by atomic mass is 35.5. The molecule has 0 aliphatic carbocycles. The van der Waals surface area contributed by atoms with Crippen molar-refractivity contribution >= 4 is 56.0 Å². The van der Waals surface area contributed by atoms with Crippen LogP contribution in [-0.2, 0) is 6.54 Å². The lowest BCUT2D eigenvalue weighted by Gasteiger charge is -2.21. The second kappa shape index (κ2) is 9.21. The summed E-state index contributed by atoms with van der Waals surface area (Å²) in [6.07, 6.45) is 0. The standard InChI is InChI=1S/C24H21ClN2OS2/c1-3-29-20-12-8-7-11-18(20)23(28)27(15-17-9-5-4-6-10-17)24-26-21-16(2)13-14-19(25)22(21)30-24/h4-14H,3,15H2,1-2H3.